The fourth-order valence-corrected chi connectivity index (χ4v) is 1.46. The van der Waals surface area contributed by atoms with Crippen LogP contribution in [0.25, 0.3) is 0 Å². The number of carboxylic acid groups (broad SMARTS) is 1. The topological polar surface area (TPSA) is 92.4 Å². The van der Waals surface area contributed by atoms with Gasteiger partial charge in [-0.15, -0.1) is 0 Å². The summed E-state index contributed by atoms with van der Waals surface area (Å²) in [5, 5.41) is 10.8. The summed E-state index contributed by atoms with van der Waals surface area (Å²) in [5.41, 5.74) is 4.94. The molecule has 4 N–H and O–H groups in total. The van der Waals surface area contributed by atoms with Crippen LogP contribution < -0.4 is 11.1 Å². The van der Waals surface area contributed by atoms with Crippen molar-refractivity contribution >= 4 is 27.8 Å². The molecule has 1 unspecified atom stereocenters. The summed E-state index contributed by atoms with van der Waals surface area (Å²) in [7, 11) is 0. The van der Waals surface area contributed by atoms with Gasteiger partial charge in [0.2, 0.25) is 0 Å². The van der Waals surface area contributed by atoms with E-state index < -0.39 is 23.7 Å². The highest BCUT2D eigenvalue weighted by atomic mass is 79.9. The molecule has 0 heterocycles. The predicted octanol–water partition coefficient (Wildman–Crippen LogP) is 0.730. The maximum absolute atomic E-state index is 13.4. The van der Waals surface area contributed by atoms with Crippen LogP contribution in [0.2, 0.25) is 0 Å². The molecular weight excluding hydrogens is 295 g/mol. The first-order chi connectivity index (χ1) is 7.95. The standard InChI is InChI=1S/C10H10BrFN2O3/c11-5-1-2-6(7(12)3-5)9(15)14-8(4-13)10(16)17/h1-3,8H,4,13H2,(H,14,15)(H,16,17). The summed E-state index contributed by atoms with van der Waals surface area (Å²) in [5.74, 6) is -2.82. The summed E-state index contributed by atoms with van der Waals surface area (Å²) >= 11 is 3.05. The molecule has 0 aliphatic carbocycles. The van der Waals surface area contributed by atoms with Gasteiger partial charge in [-0.2, -0.15) is 0 Å². The molecule has 0 radical (unpaired) electrons. The second-order valence-corrected chi connectivity index (χ2v) is 4.14. The lowest BCUT2D eigenvalue weighted by Crippen LogP contribution is -2.45. The smallest absolute Gasteiger partial charge is 0.327 e. The van der Waals surface area contributed by atoms with E-state index in [1.165, 1.54) is 12.1 Å². The van der Waals surface area contributed by atoms with Crippen LogP contribution in [-0.4, -0.2) is 29.6 Å². The van der Waals surface area contributed by atoms with Crippen LogP contribution in [0.5, 0.6) is 0 Å². The first-order valence-corrected chi connectivity index (χ1v) is 5.43. The summed E-state index contributed by atoms with van der Waals surface area (Å²) in [4.78, 5) is 22.2. The van der Waals surface area contributed by atoms with E-state index in [1.54, 1.807) is 0 Å². The molecule has 0 spiro atoms. The largest absolute Gasteiger partial charge is 0.480 e. The highest BCUT2D eigenvalue weighted by molar-refractivity contribution is 9.10. The van der Waals surface area contributed by atoms with Crippen LogP contribution in [0.4, 0.5) is 4.39 Å². The zero-order chi connectivity index (χ0) is 13.0. The van der Waals surface area contributed by atoms with Crippen LogP contribution >= 0.6 is 15.9 Å². The van der Waals surface area contributed by atoms with Crippen molar-refractivity contribution in [3.63, 3.8) is 0 Å². The average molecular weight is 305 g/mol. The molecule has 5 nitrogen and oxygen atoms in total. The number of nitrogens with one attached hydrogen (secondary N) is 1. The fraction of sp³-hybridized carbons (Fsp3) is 0.200. The van der Waals surface area contributed by atoms with Crippen molar-refractivity contribution in [2.45, 2.75) is 6.04 Å². The first kappa shape index (κ1) is 13.6. The van der Waals surface area contributed by atoms with Crippen molar-refractivity contribution in [2.24, 2.45) is 5.73 Å². The third kappa shape index (κ3) is 3.50. The fourth-order valence-electron chi connectivity index (χ4n) is 1.13. The Balaban J connectivity index is 2.86. The molecule has 1 rings (SSSR count). The number of hydrogen-bond donors (Lipinski definition) is 3. The molecule has 1 aromatic carbocycles. The van der Waals surface area contributed by atoms with Gasteiger partial charge < -0.3 is 16.2 Å². The van der Waals surface area contributed by atoms with Crippen molar-refractivity contribution in [3.05, 3.63) is 34.1 Å². The summed E-state index contributed by atoms with van der Waals surface area (Å²) in [6.07, 6.45) is 0. The van der Waals surface area contributed by atoms with Gasteiger partial charge in [0.25, 0.3) is 5.91 Å². The number of carbonyl (C=O) groups excluding carboxylic acids is 1. The molecule has 0 aliphatic rings. The van der Waals surface area contributed by atoms with E-state index in [9.17, 15) is 14.0 Å². The number of rotatable bonds is 4. The lowest BCUT2D eigenvalue weighted by atomic mass is 10.2. The third-order valence-electron chi connectivity index (χ3n) is 2.01. The minimum atomic E-state index is -1.27. The Morgan fingerprint density at radius 3 is 2.65 bits per heavy atom. The van der Waals surface area contributed by atoms with E-state index in [-0.39, 0.29) is 12.1 Å². The Morgan fingerprint density at radius 1 is 1.53 bits per heavy atom. The SMILES string of the molecule is NCC(NC(=O)c1ccc(Br)cc1F)C(=O)O. The van der Waals surface area contributed by atoms with Gasteiger partial charge in [0, 0.05) is 11.0 Å². The minimum Gasteiger partial charge on any atom is -0.480 e. The number of hydrogen-bond acceptors (Lipinski definition) is 3. The normalized spacial score (nSPS) is 11.9. The van der Waals surface area contributed by atoms with Gasteiger partial charge in [-0.1, -0.05) is 15.9 Å². The van der Waals surface area contributed by atoms with Crippen LogP contribution in [0, 0.1) is 5.82 Å². The molecule has 92 valence electrons. The van der Waals surface area contributed by atoms with Crippen molar-refractivity contribution < 1.29 is 19.1 Å². The minimum absolute atomic E-state index is 0.229. The van der Waals surface area contributed by atoms with Crippen LogP contribution in [0.15, 0.2) is 22.7 Å². The van der Waals surface area contributed by atoms with Gasteiger partial charge in [-0.3, -0.25) is 4.79 Å². The van der Waals surface area contributed by atoms with Gasteiger partial charge in [-0.25, -0.2) is 9.18 Å². The summed E-state index contributed by atoms with van der Waals surface area (Å²) in [6, 6.07) is 2.62. The molecule has 1 aromatic rings. The number of nitrogens with two attached hydrogens (primary N) is 1. The van der Waals surface area contributed by atoms with E-state index in [2.05, 4.69) is 21.2 Å². The summed E-state index contributed by atoms with van der Waals surface area (Å²) in [6.45, 7) is -0.265. The highest BCUT2D eigenvalue weighted by Crippen LogP contribution is 2.15. The molecule has 1 amide bonds. The monoisotopic (exact) mass is 304 g/mol. The van der Waals surface area contributed by atoms with Gasteiger partial charge in [0.15, 0.2) is 0 Å². The Hall–Kier alpha value is -1.47. The van der Waals surface area contributed by atoms with Crippen LogP contribution in [0.3, 0.4) is 0 Å². The molecule has 0 aromatic heterocycles. The Labute approximate surface area is 105 Å². The first-order valence-electron chi connectivity index (χ1n) is 4.64. The van der Waals surface area contributed by atoms with Crippen molar-refractivity contribution in [1.29, 1.82) is 0 Å². The Bertz CT molecular complexity index is 453. The molecule has 0 bridgehead atoms. The number of amides is 1. The Morgan fingerprint density at radius 2 is 2.18 bits per heavy atom. The predicted molar refractivity (Wildman–Crippen MR) is 62.0 cm³/mol. The molecule has 1 atom stereocenters. The molecule has 17 heavy (non-hydrogen) atoms. The van der Waals surface area contributed by atoms with Gasteiger partial charge in [-0.05, 0) is 18.2 Å². The van der Waals surface area contributed by atoms with Gasteiger partial charge >= 0.3 is 5.97 Å². The molecular formula is C10H10BrFN2O3. The van der Waals surface area contributed by atoms with E-state index in [1.807, 2.05) is 0 Å². The van der Waals surface area contributed by atoms with E-state index in [0.29, 0.717) is 4.47 Å². The average Bonchev–Trinajstić information content (AvgIpc) is 2.24. The second kappa shape index (κ2) is 5.74. The van der Waals surface area contributed by atoms with E-state index in [4.69, 9.17) is 10.8 Å². The molecule has 0 fully saturated rings. The van der Waals surface area contributed by atoms with E-state index in [0.717, 1.165) is 6.07 Å². The summed E-state index contributed by atoms with van der Waals surface area (Å²) < 4.78 is 13.9. The quantitative estimate of drug-likeness (QED) is 0.764. The van der Waals surface area contributed by atoms with Crippen molar-refractivity contribution in [2.75, 3.05) is 6.54 Å². The number of aliphatic carboxylic acids is 1. The highest BCUT2D eigenvalue weighted by Gasteiger charge is 2.20. The van der Waals surface area contributed by atoms with Crippen LogP contribution in [0.1, 0.15) is 10.4 Å². The number of halogens is 2. The van der Waals surface area contributed by atoms with Crippen molar-refractivity contribution in [1.82, 2.24) is 5.32 Å². The Kier molecular flexibility index (Phi) is 4.59. The van der Waals surface area contributed by atoms with Crippen LogP contribution in [-0.2, 0) is 4.79 Å². The zero-order valence-corrected chi connectivity index (χ0v) is 10.2. The number of carboxylic acids is 1. The molecule has 0 saturated heterocycles. The maximum Gasteiger partial charge on any atom is 0.327 e. The zero-order valence-electron chi connectivity index (χ0n) is 8.61. The van der Waals surface area contributed by atoms with Gasteiger partial charge in [0.05, 0.1) is 5.56 Å². The number of benzene rings is 1. The lowest BCUT2D eigenvalue weighted by Gasteiger charge is -2.12. The molecule has 0 aliphatic heterocycles. The maximum atomic E-state index is 13.4. The molecule has 0 saturated carbocycles. The molecule has 7 heteroatoms. The number of carbonyl (C=O) groups is 2. The van der Waals surface area contributed by atoms with E-state index >= 15 is 0 Å². The third-order valence-corrected chi connectivity index (χ3v) is 2.51. The van der Waals surface area contributed by atoms with Gasteiger partial charge in [0.1, 0.15) is 11.9 Å². The van der Waals surface area contributed by atoms with Crippen molar-refractivity contribution in [3.8, 4) is 0 Å². The second-order valence-electron chi connectivity index (χ2n) is 3.22. The lowest BCUT2D eigenvalue weighted by molar-refractivity contribution is -0.138.